The number of anilines is 2. The summed E-state index contributed by atoms with van der Waals surface area (Å²) in [7, 11) is 1.73. The van der Waals surface area contributed by atoms with E-state index in [4.69, 9.17) is 4.74 Å². The molecule has 5 heteroatoms. The summed E-state index contributed by atoms with van der Waals surface area (Å²) < 4.78 is 5.68. The van der Waals surface area contributed by atoms with Gasteiger partial charge in [-0.05, 0) is 55.0 Å². The number of amides is 2. The van der Waals surface area contributed by atoms with Crippen molar-refractivity contribution in [2.75, 3.05) is 23.9 Å². The van der Waals surface area contributed by atoms with Gasteiger partial charge in [0.2, 0.25) is 0 Å². The van der Waals surface area contributed by atoms with Gasteiger partial charge in [0.15, 0.2) is 0 Å². The van der Waals surface area contributed by atoms with E-state index in [0.29, 0.717) is 29.2 Å². The summed E-state index contributed by atoms with van der Waals surface area (Å²) in [5.41, 5.74) is 2.36. The summed E-state index contributed by atoms with van der Waals surface area (Å²) in [6.07, 6.45) is 2.02. The van der Waals surface area contributed by atoms with Crippen LogP contribution in [0, 0.1) is 0 Å². The summed E-state index contributed by atoms with van der Waals surface area (Å²) >= 11 is 0. The molecule has 30 heavy (non-hydrogen) atoms. The summed E-state index contributed by atoms with van der Waals surface area (Å²) in [4.78, 5) is 27.1. The largest absolute Gasteiger partial charge is 0.494 e. The minimum Gasteiger partial charge on any atom is -0.494 e. The SMILES string of the molecule is CCCCOc1cccc(C(=O)Nc2cccc(C(=O)N(C)c3ccccc3)c2)c1. The molecule has 5 nitrogen and oxygen atoms in total. The Morgan fingerprint density at radius 3 is 2.40 bits per heavy atom. The average molecular weight is 402 g/mol. The Morgan fingerprint density at radius 2 is 1.63 bits per heavy atom. The van der Waals surface area contributed by atoms with Gasteiger partial charge in [-0.25, -0.2) is 0 Å². The first kappa shape index (κ1) is 21.1. The molecule has 0 radical (unpaired) electrons. The lowest BCUT2D eigenvalue weighted by molar-refractivity contribution is 0.0990. The zero-order chi connectivity index (χ0) is 21.3. The van der Waals surface area contributed by atoms with Gasteiger partial charge < -0.3 is 15.0 Å². The van der Waals surface area contributed by atoms with Crippen LogP contribution in [0.25, 0.3) is 0 Å². The molecule has 0 saturated heterocycles. The van der Waals surface area contributed by atoms with Crippen molar-refractivity contribution in [3.63, 3.8) is 0 Å². The Balaban J connectivity index is 1.70. The van der Waals surface area contributed by atoms with Gasteiger partial charge in [0, 0.05) is 29.5 Å². The fourth-order valence-corrected chi connectivity index (χ4v) is 2.96. The number of nitrogens with zero attached hydrogens (tertiary/aromatic N) is 1. The third kappa shape index (κ3) is 5.47. The molecule has 3 rings (SSSR count). The van der Waals surface area contributed by atoms with E-state index in [9.17, 15) is 9.59 Å². The van der Waals surface area contributed by atoms with E-state index in [1.807, 2.05) is 36.4 Å². The molecule has 3 aromatic carbocycles. The fourth-order valence-electron chi connectivity index (χ4n) is 2.96. The smallest absolute Gasteiger partial charge is 0.258 e. The number of ether oxygens (including phenoxy) is 1. The summed E-state index contributed by atoms with van der Waals surface area (Å²) in [6.45, 7) is 2.73. The third-order valence-electron chi connectivity index (χ3n) is 4.68. The normalized spacial score (nSPS) is 10.3. The molecule has 0 fully saturated rings. The highest BCUT2D eigenvalue weighted by atomic mass is 16.5. The maximum Gasteiger partial charge on any atom is 0.258 e. The van der Waals surface area contributed by atoms with Gasteiger partial charge in [0.05, 0.1) is 6.61 Å². The quantitative estimate of drug-likeness (QED) is 0.514. The molecule has 0 spiro atoms. The molecule has 0 aliphatic heterocycles. The second kappa shape index (κ2) is 10.3. The molecule has 0 unspecified atom stereocenters. The number of nitrogens with one attached hydrogen (secondary N) is 1. The Morgan fingerprint density at radius 1 is 0.900 bits per heavy atom. The van der Waals surface area contributed by atoms with Crippen LogP contribution in [0.4, 0.5) is 11.4 Å². The highest BCUT2D eigenvalue weighted by Gasteiger charge is 2.14. The van der Waals surface area contributed by atoms with Crippen LogP contribution in [0.3, 0.4) is 0 Å². The molecule has 0 heterocycles. The minimum atomic E-state index is -0.253. The van der Waals surface area contributed by atoms with Crippen LogP contribution in [0.15, 0.2) is 78.9 Å². The van der Waals surface area contributed by atoms with E-state index >= 15 is 0 Å². The first-order chi connectivity index (χ1) is 14.6. The number of unbranched alkanes of at least 4 members (excludes halogenated alkanes) is 1. The average Bonchev–Trinajstić information content (AvgIpc) is 2.79. The Hall–Kier alpha value is -3.60. The van der Waals surface area contributed by atoms with Crippen molar-refractivity contribution in [2.45, 2.75) is 19.8 Å². The number of rotatable bonds is 8. The molecule has 3 aromatic rings. The molecule has 0 aliphatic carbocycles. The molecular weight excluding hydrogens is 376 g/mol. The predicted octanol–water partition coefficient (Wildman–Crippen LogP) is 5.39. The first-order valence-electron chi connectivity index (χ1n) is 10.1. The molecule has 0 atom stereocenters. The van der Waals surface area contributed by atoms with Crippen molar-refractivity contribution in [1.29, 1.82) is 0 Å². The van der Waals surface area contributed by atoms with Gasteiger partial charge in [0.1, 0.15) is 5.75 Å². The van der Waals surface area contributed by atoms with Gasteiger partial charge in [-0.3, -0.25) is 9.59 Å². The molecule has 0 aliphatic rings. The molecule has 1 N–H and O–H groups in total. The second-order valence-corrected chi connectivity index (χ2v) is 6.96. The van der Waals surface area contributed by atoms with Gasteiger partial charge in [0.25, 0.3) is 11.8 Å². The standard InChI is InChI=1S/C25H26N2O3/c1-3-4-16-30-23-15-9-10-19(18-23)24(28)26-21-12-8-11-20(17-21)25(29)27(2)22-13-6-5-7-14-22/h5-15,17-18H,3-4,16H2,1-2H3,(H,26,28). The number of benzene rings is 3. The maximum absolute atomic E-state index is 12.8. The number of carbonyl (C=O) groups excluding carboxylic acids is 2. The third-order valence-corrected chi connectivity index (χ3v) is 4.68. The monoisotopic (exact) mass is 402 g/mol. The molecule has 0 saturated carbocycles. The lowest BCUT2D eigenvalue weighted by atomic mass is 10.1. The first-order valence-corrected chi connectivity index (χ1v) is 10.1. The van der Waals surface area contributed by atoms with E-state index in [0.717, 1.165) is 18.5 Å². The van der Waals surface area contributed by atoms with Crippen LogP contribution in [0.1, 0.15) is 40.5 Å². The number of hydrogen-bond acceptors (Lipinski definition) is 3. The summed E-state index contributed by atoms with van der Waals surface area (Å²) in [5.74, 6) is 0.269. The van der Waals surface area contributed by atoms with Gasteiger partial charge in [-0.2, -0.15) is 0 Å². The van der Waals surface area contributed by atoms with Crippen molar-refractivity contribution in [3.05, 3.63) is 90.0 Å². The van der Waals surface area contributed by atoms with E-state index in [-0.39, 0.29) is 11.8 Å². The van der Waals surface area contributed by atoms with E-state index < -0.39 is 0 Å². The Kier molecular flexibility index (Phi) is 7.22. The Labute approximate surface area is 177 Å². The number of carbonyl (C=O) groups is 2. The zero-order valence-electron chi connectivity index (χ0n) is 17.3. The molecule has 0 bridgehead atoms. The highest BCUT2D eigenvalue weighted by molar-refractivity contribution is 6.08. The van der Waals surface area contributed by atoms with Crippen LogP contribution in [-0.2, 0) is 0 Å². The van der Waals surface area contributed by atoms with Crippen molar-refractivity contribution in [2.24, 2.45) is 0 Å². The zero-order valence-corrected chi connectivity index (χ0v) is 17.3. The van der Waals surface area contributed by atoms with Crippen LogP contribution >= 0.6 is 0 Å². The fraction of sp³-hybridized carbons (Fsp3) is 0.200. The van der Waals surface area contributed by atoms with E-state index in [1.54, 1.807) is 54.4 Å². The van der Waals surface area contributed by atoms with Crippen molar-refractivity contribution in [1.82, 2.24) is 0 Å². The summed E-state index contributed by atoms with van der Waals surface area (Å²) in [6, 6.07) is 23.5. The molecule has 0 aromatic heterocycles. The second-order valence-electron chi connectivity index (χ2n) is 6.96. The minimum absolute atomic E-state index is 0.149. The van der Waals surface area contributed by atoms with Gasteiger partial charge in [-0.1, -0.05) is 43.7 Å². The van der Waals surface area contributed by atoms with Crippen LogP contribution in [0.5, 0.6) is 5.75 Å². The number of para-hydroxylation sites is 1. The van der Waals surface area contributed by atoms with Crippen molar-refractivity contribution in [3.8, 4) is 5.75 Å². The molecule has 154 valence electrons. The lowest BCUT2D eigenvalue weighted by Gasteiger charge is -2.17. The Bertz CT molecular complexity index is 1000. The highest BCUT2D eigenvalue weighted by Crippen LogP contribution is 2.19. The van der Waals surface area contributed by atoms with Crippen LogP contribution < -0.4 is 15.0 Å². The van der Waals surface area contributed by atoms with Gasteiger partial charge >= 0.3 is 0 Å². The number of hydrogen-bond donors (Lipinski definition) is 1. The summed E-state index contributed by atoms with van der Waals surface area (Å²) in [5, 5.41) is 2.86. The molecule has 2 amide bonds. The maximum atomic E-state index is 12.8. The van der Waals surface area contributed by atoms with Crippen LogP contribution in [-0.4, -0.2) is 25.5 Å². The van der Waals surface area contributed by atoms with Gasteiger partial charge in [-0.15, -0.1) is 0 Å². The van der Waals surface area contributed by atoms with E-state index in [2.05, 4.69) is 12.2 Å². The lowest BCUT2D eigenvalue weighted by Crippen LogP contribution is -2.26. The van der Waals surface area contributed by atoms with E-state index in [1.165, 1.54) is 0 Å². The topological polar surface area (TPSA) is 58.6 Å². The predicted molar refractivity (Wildman–Crippen MR) is 120 cm³/mol. The molecular formula is C25H26N2O3. The van der Waals surface area contributed by atoms with Crippen molar-refractivity contribution >= 4 is 23.2 Å². The van der Waals surface area contributed by atoms with Crippen LogP contribution in [0.2, 0.25) is 0 Å². The van der Waals surface area contributed by atoms with Crippen molar-refractivity contribution < 1.29 is 14.3 Å².